The van der Waals surface area contributed by atoms with Crippen molar-refractivity contribution in [2.24, 2.45) is 10.4 Å². The Kier molecular flexibility index (Phi) is 11.9. The van der Waals surface area contributed by atoms with Gasteiger partial charge in [0.1, 0.15) is 0 Å². The lowest BCUT2D eigenvalue weighted by molar-refractivity contribution is -0.128. The molecule has 0 aromatic rings. The Morgan fingerprint density at radius 3 is 2.05 bits per heavy atom. The second kappa shape index (κ2) is 11.0. The first-order valence-corrected chi connectivity index (χ1v) is 7.54. The number of carbonyl (C=O) groups excluding carboxylic acids is 1. The molecule has 0 aromatic carbocycles. The summed E-state index contributed by atoms with van der Waals surface area (Å²) in [7, 11) is 1.67. The molecule has 0 spiro atoms. The second-order valence-corrected chi connectivity index (χ2v) is 6.26. The fourth-order valence-corrected chi connectivity index (χ4v) is 1.46. The quantitative estimate of drug-likeness (QED) is 0.313. The van der Waals surface area contributed by atoms with Gasteiger partial charge in [-0.1, -0.05) is 0 Å². The van der Waals surface area contributed by atoms with E-state index in [0.29, 0.717) is 25.6 Å². The summed E-state index contributed by atoms with van der Waals surface area (Å²) in [4.78, 5) is 16.5. The minimum atomic E-state index is -0.497. The van der Waals surface area contributed by atoms with E-state index in [9.17, 15) is 4.79 Å². The molecule has 0 unspecified atom stereocenters. The van der Waals surface area contributed by atoms with Crippen molar-refractivity contribution in [3.8, 4) is 0 Å². The fraction of sp³-hybridized carbons (Fsp3) is 0.867. The first-order valence-electron chi connectivity index (χ1n) is 7.54. The molecule has 0 heterocycles. The number of methoxy groups -OCH3 is 1. The molecule has 0 aliphatic rings. The summed E-state index contributed by atoms with van der Waals surface area (Å²) in [5.41, 5.74) is -0.805. The summed E-state index contributed by atoms with van der Waals surface area (Å²) >= 11 is 0. The van der Waals surface area contributed by atoms with Crippen LogP contribution < -0.4 is 16.0 Å². The number of nitrogens with zero attached hydrogens (tertiary/aromatic N) is 1. The normalized spacial score (nSPS) is 12.4. The second-order valence-electron chi connectivity index (χ2n) is 6.26. The molecule has 1 amide bonds. The number of nitrogens with one attached hydrogen (secondary N) is 3. The van der Waals surface area contributed by atoms with Gasteiger partial charge in [-0.25, -0.2) is 0 Å². The Morgan fingerprint density at radius 1 is 1.05 bits per heavy atom. The summed E-state index contributed by atoms with van der Waals surface area (Å²) in [6.45, 7) is 14.2. The fourth-order valence-electron chi connectivity index (χ4n) is 1.46. The Morgan fingerprint density at radius 2 is 1.59 bits per heavy atom. The van der Waals surface area contributed by atoms with Crippen LogP contribution in [0.1, 0.15) is 41.5 Å². The van der Waals surface area contributed by atoms with Crippen molar-refractivity contribution in [2.75, 3.05) is 33.3 Å². The number of guanidine groups is 1. The van der Waals surface area contributed by atoms with Gasteiger partial charge in [0.25, 0.3) is 0 Å². The Labute approximate surface area is 152 Å². The number of amides is 1. The molecular formula is C15H33IN4O2. The minimum Gasteiger partial charge on any atom is -0.377 e. The van der Waals surface area contributed by atoms with Gasteiger partial charge in [0.05, 0.1) is 17.6 Å². The number of rotatable bonds is 8. The molecule has 22 heavy (non-hydrogen) atoms. The predicted octanol–water partition coefficient (Wildman–Crippen LogP) is 1.75. The maximum Gasteiger partial charge on any atom is 0.227 e. The highest BCUT2D eigenvalue weighted by molar-refractivity contribution is 14.0. The average molecular weight is 428 g/mol. The number of carbonyl (C=O) groups is 1. The van der Waals surface area contributed by atoms with E-state index in [1.807, 2.05) is 41.5 Å². The van der Waals surface area contributed by atoms with Gasteiger partial charge in [0.15, 0.2) is 5.96 Å². The first kappa shape index (κ1) is 23.7. The Balaban J connectivity index is 0. The van der Waals surface area contributed by atoms with Crippen LogP contribution in [-0.4, -0.2) is 50.8 Å². The first-order chi connectivity index (χ1) is 9.68. The highest BCUT2D eigenvalue weighted by atomic mass is 127. The highest BCUT2D eigenvalue weighted by Crippen LogP contribution is 2.13. The zero-order valence-corrected chi connectivity index (χ0v) is 17.3. The summed E-state index contributed by atoms with van der Waals surface area (Å²) in [5, 5.41) is 9.24. The number of hydrogen-bond acceptors (Lipinski definition) is 3. The van der Waals surface area contributed by atoms with Crippen LogP contribution in [0, 0.1) is 5.41 Å². The molecule has 0 aromatic heterocycles. The zero-order valence-electron chi connectivity index (χ0n) is 15.0. The smallest absolute Gasteiger partial charge is 0.227 e. The summed E-state index contributed by atoms with van der Waals surface area (Å²) in [6, 6.07) is 0. The van der Waals surface area contributed by atoms with Crippen LogP contribution in [0.4, 0.5) is 0 Å². The molecule has 132 valence electrons. The van der Waals surface area contributed by atoms with E-state index in [1.165, 1.54) is 0 Å². The lowest BCUT2D eigenvalue weighted by Crippen LogP contribution is -2.48. The molecule has 0 rings (SSSR count). The predicted molar refractivity (Wildman–Crippen MR) is 103 cm³/mol. The van der Waals surface area contributed by atoms with Crippen LogP contribution in [0.5, 0.6) is 0 Å². The third-order valence-electron chi connectivity index (χ3n) is 3.16. The van der Waals surface area contributed by atoms with Gasteiger partial charge in [0, 0.05) is 26.7 Å². The highest BCUT2D eigenvalue weighted by Gasteiger charge is 2.27. The maximum atomic E-state index is 12.0. The van der Waals surface area contributed by atoms with E-state index in [1.54, 1.807) is 7.11 Å². The van der Waals surface area contributed by atoms with Crippen molar-refractivity contribution in [2.45, 2.75) is 47.1 Å². The van der Waals surface area contributed by atoms with Crippen molar-refractivity contribution in [1.82, 2.24) is 16.0 Å². The molecule has 0 aliphatic heterocycles. The summed E-state index contributed by atoms with van der Waals surface area (Å²) in [5.74, 6) is 0.727. The van der Waals surface area contributed by atoms with E-state index in [-0.39, 0.29) is 35.5 Å². The molecule has 0 atom stereocenters. The molecule has 0 saturated heterocycles. The van der Waals surface area contributed by atoms with Crippen LogP contribution in [0.2, 0.25) is 0 Å². The van der Waals surface area contributed by atoms with Crippen LogP contribution in [0.3, 0.4) is 0 Å². The molecule has 6 nitrogen and oxygen atoms in total. The van der Waals surface area contributed by atoms with Gasteiger partial charge >= 0.3 is 0 Å². The van der Waals surface area contributed by atoms with Gasteiger partial charge in [-0.15, -0.1) is 24.0 Å². The maximum absolute atomic E-state index is 12.0. The van der Waals surface area contributed by atoms with Gasteiger partial charge in [-0.3, -0.25) is 9.79 Å². The van der Waals surface area contributed by atoms with Crippen molar-refractivity contribution in [1.29, 1.82) is 0 Å². The molecular weight excluding hydrogens is 395 g/mol. The van der Waals surface area contributed by atoms with E-state index in [0.717, 1.165) is 6.54 Å². The Bertz CT molecular complexity index is 357. The minimum absolute atomic E-state index is 0. The topological polar surface area (TPSA) is 74.8 Å². The lowest BCUT2D eigenvalue weighted by Gasteiger charge is -2.25. The van der Waals surface area contributed by atoms with E-state index >= 15 is 0 Å². The van der Waals surface area contributed by atoms with Gasteiger partial charge in [0.2, 0.25) is 5.91 Å². The molecule has 0 bridgehead atoms. The van der Waals surface area contributed by atoms with Gasteiger partial charge < -0.3 is 20.7 Å². The summed E-state index contributed by atoms with van der Waals surface area (Å²) in [6.07, 6.45) is 0. The molecule has 0 radical (unpaired) electrons. The van der Waals surface area contributed by atoms with Crippen molar-refractivity contribution < 1.29 is 9.53 Å². The SMILES string of the molecule is CCNC(=O)C(C)(C)CNC(=NCC(C)(C)OC)NCC.I. The number of halogens is 1. The third-order valence-corrected chi connectivity index (χ3v) is 3.16. The van der Waals surface area contributed by atoms with Gasteiger partial charge in [-0.05, 0) is 41.5 Å². The molecule has 3 N–H and O–H groups in total. The monoisotopic (exact) mass is 428 g/mol. The number of ether oxygens (including phenoxy) is 1. The molecule has 0 aliphatic carbocycles. The van der Waals surface area contributed by atoms with Crippen LogP contribution in [0.25, 0.3) is 0 Å². The van der Waals surface area contributed by atoms with E-state index < -0.39 is 5.41 Å². The van der Waals surface area contributed by atoms with Crippen molar-refractivity contribution in [3.63, 3.8) is 0 Å². The standard InChI is InChI=1S/C15H32N4O2.HI/c1-8-16-12(20)14(3,4)10-18-13(17-9-2)19-11-15(5,6)21-7;/h8-11H2,1-7H3,(H,16,20)(H2,17,18,19);1H. The van der Waals surface area contributed by atoms with Crippen molar-refractivity contribution >= 4 is 35.8 Å². The lowest BCUT2D eigenvalue weighted by atomic mass is 9.92. The third kappa shape index (κ3) is 9.45. The van der Waals surface area contributed by atoms with E-state index in [2.05, 4.69) is 20.9 Å². The van der Waals surface area contributed by atoms with Crippen LogP contribution in [-0.2, 0) is 9.53 Å². The summed E-state index contributed by atoms with van der Waals surface area (Å²) < 4.78 is 5.36. The van der Waals surface area contributed by atoms with Crippen LogP contribution in [0.15, 0.2) is 4.99 Å². The van der Waals surface area contributed by atoms with Crippen molar-refractivity contribution in [3.05, 3.63) is 0 Å². The largest absolute Gasteiger partial charge is 0.377 e. The number of aliphatic imine (C=N–C) groups is 1. The molecule has 0 saturated carbocycles. The number of hydrogen-bond donors (Lipinski definition) is 3. The van der Waals surface area contributed by atoms with Crippen LogP contribution >= 0.6 is 24.0 Å². The molecule has 7 heteroatoms. The average Bonchev–Trinajstić information content (AvgIpc) is 2.42. The zero-order chi connectivity index (χ0) is 16.5. The Hall–Kier alpha value is -0.570. The van der Waals surface area contributed by atoms with Gasteiger partial charge in [-0.2, -0.15) is 0 Å². The van der Waals surface area contributed by atoms with E-state index in [4.69, 9.17) is 4.74 Å². The molecule has 0 fully saturated rings.